The zero-order valence-corrected chi connectivity index (χ0v) is 10.6. The van der Waals surface area contributed by atoms with Crippen LogP contribution < -0.4 is 15.1 Å². The van der Waals surface area contributed by atoms with Gasteiger partial charge in [0.25, 0.3) is 0 Å². The summed E-state index contributed by atoms with van der Waals surface area (Å²) in [5.74, 6) is 1.44. The number of nitrogens with zero attached hydrogens (tertiary/aromatic N) is 1. The molecular weight excluding hydrogens is 234 g/mol. The molecule has 0 amide bonds. The molecule has 0 saturated heterocycles. The minimum Gasteiger partial charge on any atom is -0.497 e. The number of rotatable bonds is 4. The molecule has 0 spiro atoms. The summed E-state index contributed by atoms with van der Waals surface area (Å²) in [7, 11) is 3.05. The number of hydrogen-bond donors (Lipinski definition) is 0. The third-order valence-electron chi connectivity index (χ3n) is 2.63. The van der Waals surface area contributed by atoms with Gasteiger partial charge in [0.05, 0.1) is 19.7 Å². The molecule has 96 valence electrons. The first-order valence-electron chi connectivity index (χ1n) is 5.75. The molecule has 0 atom stereocenters. The van der Waals surface area contributed by atoms with Crippen molar-refractivity contribution in [2.24, 2.45) is 0 Å². The lowest BCUT2D eigenvalue weighted by Crippen LogP contribution is -2.07. The zero-order chi connectivity index (χ0) is 13.1. The Labute approximate surface area is 104 Å². The summed E-state index contributed by atoms with van der Waals surface area (Å²) < 4.78 is 15.5. The van der Waals surface area contributed by atoms with Crippen molar-refractivity contribution >= 4 is 10.9 Å². The van der Waals surface area contributed by atoms with Gasteiger partial charge in [-0.05, 0) is 6.42 Å². The van der Waals surface area contributed by atoms with Crippen LogP contribution in [0.5, 0.6) is 11.5 Å². The van der Waals surface area contributed by atoms with E-state index in [0.717, 1.165) is 6.42 Å². The molecule has 5 heteroatoms. The van der Waals surface area contributed by atoms with Gasteiger partial charge in [0.1, 0.15) is 16.9 Å². The lowest BCUT2D eigenvalue weighted by molar-refractivity contribution is 0.393. The van der Waals surface area contributed by atoms with Gasteiger partial charge in [-0.15, -0.1) is 0 Å². The van der Waals surface area contributed by atoms with E-state index in [1.807, 2.05) is 6.92 Å². The first kappa shape index (κ1) is 12.4. The zero-order valence-electron chi connectivity index (χ0n) is 10.6. The number of hydrogen-bond acceptors (Lipinski definition) is 5. The molecular formula is C13H15NO4. The molecule has 0 unspecified atom stereocenters. The Kier molecular flexibility index (Phi) is 3.50. The van der Waals surface area contributed by atoms with Crippen LogP contribution in [-0.4, -0.2) is 19.2 Å². The van der Waals surface area contributed by atoms with E-state index in [9.17, 15) is 4.79 Å². The van der Waals surface area contributed by atoms with Crippen molar-refractivity contribution in [3.8, 4) is 11.5 Å². The van der Waals surface area contributed by atoms with Crippen LogP contribution in [0.25, 0.3) is 10.9 Å². The second-order valence-corrected chi connectivity index (χ2v) is 3.87. The Bertz CT molecular complexity index is 618. The average molecular weight is 249 g/mol. The highest BCUT2D eigenvalue weighted by Gasteiger charge is 2.13. The predicted octanol–water partition coefficient (Wildman–Crippen LogP) is 2.16. The first-order chi connectivity index (χ1) is 8.69. The Morgan fingerprint density at radius 3 is 2.67 bits per heavy atom. The van der Waals surface area contributed by atoms with E-state index in [2.05, 4.69) is 4.98 Å². The fourth-order valence-corrected chi connectivity index (χ4v) is 1.78. The quantitative estimate of drug-likeness (QED) is 0.830. The molecule has 1 heterocycles. The van der Waals surface area contributed by atoms with E-state index in [1.54, 1.807) is 19.2 Å². The first-order valence-corrected chi connectivity index (χ1v) is 5.75. The number of fused-ring (bicyclic) bond motifs is 1. The summed E-state index contributed by atoms with van der Waals surface area (Å²) in [6.45, 7) is 2.00. The lowest BCUT2D eigenvalue weighted by atomic mass is 10.2. The fraction of sp³-hybridized carbons (Fsp3) is 0.385. The molecule has 0 aliphatic rings. The highest BCUT2D eigenvalue weighted by Crippen LogP contribution is 2.27. The number of methoxy groups -OCH3 is 2. The summed E-state index contributed by atoms with van der Waals surface area (Å²) in [4.78, 5) is 16.2. The minimum absolute atomic E-state index is 0.346. The Hall–Kier alpha value is -2.04. The van der Waals surface area contributed by atoms with Crippen LogP contribution in [-0.2, 0) is 6.42 Å². The second kappa shape index (κ2) is 5.08. The van der Waals surface area contributed by atoms with Gasteiger partial charge >= 0.3 is 5.63 Å². The van der Waals surface area contributed by atoms with Crippen LogP contribution in [0.4, 0.5) is 0 Å². The Morgan fingerprint density at radius 1 is 1.28 bits per heavy atom. The molecule has 0 radical (unpaired) electrons. The third-order valence-corrected chi connectivity index (χ3v) is 2.63. The monoisotopic (exact) mass is 249 g/mol. The van der Waals surface area contributed by atoms with Gasteiger partial charge in [0.15, 0.2) is 5.89 Å². The van der Waals surface area contributed by atoms with Crippen molar-refractivity contribution in [1.29, 1.82) is 0 Å². The van der Waals surface area contributed by atoms with Gasteiger partial charge in [-0.3, -0.25) is 0 Å². The lowest BCUT2D eigenvalue weighted by Gasteiger charge is -2.07. The van der Waals surface area contributed by atoms with Gasteiger partial charge in [0.2, 0.25) is 0 Å². The largest absolute Gasteiger partial charge is 0.497 e. The fourth-order valence-electron chi connectivity index (χ4n) is 1.78. The SMILES string of the molecule is CCCc1nc2cc(OC)cc(OC)c2c(=O)o1. The van der Waals surface area contributed by atoms with E-state index >= 15 is 0 Å². The van der Waals surface area contributed by atoms with Crippen molar-refractivity contribution in [3.05, 3.63) is 28.4 Å². The normalized spacial score (nSPS) is 10.6. The maximum absolute atomic E-state index is 11.9. The molecule has 0 N–H and O–H groups in total. The van der Waals surface area contributed by atoms with Crippen LogP contribution in [0, 0.1) is 0 Å². The Balaban J connectivity index is 2.74. The molecule has 1 aromatic heterocycles. The van der Waals surface area contributed by atoms with E-state index in [-0.39, 0.29) is 0 Å². The van der Waals surface area contributed by atoms with E-state index < -0.39 is 5.63 Å². The summed E-state index contributed by atoms with van der Waals surface area (Å²) >= 11 is 0. The smallest absolute Gasteiger partial charge is 0.350 e. The molecule has 5 nitrogen and oxygen atoms in total. The van der Waals surface area contributed by atoms with Gasteiger partial charge in [-0.25, -0.2) is 9.78 Å². The third kappa shape index (κ3) is 2.16. The number of aryl methyl sites for hydroxylation is 1. The number of aromatic nitrogens is 1. The minimum atomic E-state index is -0.428. The number of ether oxygens (including phenoxy) is 2. The van der Waals surface area contributed by atoms with Crippen molar-refractivity contribution in [2.75, 3.05) is 14.2 Å². The van der Waals surface area contributed by atoms with Gasteiger partial charge < -0.3 is 13.9 Å². The van der Waals surface area contributed by atoms with Crippen LogP contribution >= 0.6 is 0 Å². The van der Waals surface area contributed by atoms with Crippen LogP contribution in [0.15, 0.2) is 21.3 Å². The summed E-state index contributed by atoms with van der Waals surface area (Å²) in [5, 5.41) is 0.346. The highest BCUT2D eigenvalue weighted by molar-refractivity contribution is 5.85. The number of benzene rings is 1. The molecule has 0 fully saturated rings. The van der Waals surface area contributed by atoms with E-state index in [4.69, 9.17) is 13.9 Å². The molecule has 2 aromatic rings. The van der Waals surface area contributed by atoms with Crippen molar-refractivity contribution < 1.29 is 13.9 Å². The van der Waals surface area contributed by atoms with Gasteiger partial charge in [-0.2, -0.15) is 0 Å². The van der Waals surface area contributed by atoms with Crippen molar-refractivity contribution in [2.45, 2.75) is 19.8 Å². The molecule has 1 aromatic carbocycles. The topological polar surface area (TPSA) is 61.6 Å². The maximum Gasteiger partial charge on any atom is 0.350 e. The summed E-state index contributed by atoms with van der Waals surface area (Å²) in [6, 6.07) is 3.34. The van der Waals surface area contributed by atoms with Crippen molar-refractivity contribution in [3.63, 3.8) is 0 Å². The summed E-state index contributed by atoms with van der Waals surface area (Å²) in [5.41, 5.74) is 0.105. The standard InChI is InChI=1S/C13H15NO4/c1-4-5-11-14-9-6-8(16-2)7-10(17-3)12(9)13(15)18-11/h6-7H,4-5H2,1-3H3. The molecule has 0 bridgehead atoms. The predicted molar refractivity (Wildman–Crippen MR) is 67.4 cm³/mol. The highest BCUT2D eigenvalue weighted by atomic mass is 16.5. The maximum atomic E-state index is 11.9. The van der Waals surface area contributed by atoms with Crippen molar-refractivity contribution in [1.82, 2.24) is 4.98 Å². The van der Waals surface area contributed by atoms with E-state index in [0.29, 0.717) is 34.7 Å². The van der Waals surface area contributed by atoms with Crippen LogP contribution in [0.1, 0.15) is 19.2 Å². The Morgan fingerprint density at radius 2 is 2.06 bits per heavy atom. The molecule has 0 saturated carbocycles. The van der Waals surface area contributed by atoms with Crippen LogP contribution in [0.3, 0.4) is 0 Å². The van der Waals surface area contributed by atoms with Gasteiger partial charge in [0, 0.05) is 18.6 Å². The molecule has 2 rings (SSSR count). The second-order valence-electron chi connectivity index (χ2n) is 3.87. The average Bonchev–Trinajstić information content (AvgIpc) is 2.37. The van der Waals surface area contributed by atoms with Crippen LogP contribution in [0.2, 0.25) is 0 Å². The summed E-state index contributed by atoms with van der Waals surface area (Å²) in [6.07, 6.45) is 1.49. The van der Waals surface area contributed by atoms with Gasteiger partial charge in [-0.1, -0.05) is 6.92 Å². The molecule has 0 aliphatic heterocycles. The molecule has 0 aliphatic carbocycles. The van der Waals surface area contributed by atoms with E-state index in [1.165, 1.54) is 7.11 Å². The molecule has 18 heavy (non-hydrogen) atoms.